The Morgan fingerprint density at radius 1 is 1.20 bits per heavy atom. The Bertz CT molecular complexity index is 606. The molecule has 25 heavy (non-hydrogen) atoms. The Balaban J connectivity index is 1.54. The summed E-state index contributed by atoms with van der Waals surface area (Å²) >= 11 is 0. The van der Waals surface area contributed by atoms with Crippen LogP contribution >= 0.6 is 0 Å². The second kappa shape index (κ2) is 7.26. The highest BCUT2D eigenvalue weighted by molar-refractivity contribution is 5.51. The summed E-state index contributed by atoms with van der Waals surface area (Å²) in [5, 5.41) is 0. The molecule has 1 saturated heterocycles. The van der Waals surface area contributed by atoms with Crippen molar-refractivity contribution in [1.29, 1.82) is 0 Å². The summed E-state index contributed by atoms with van der Waals surface area (Å²) in [6.07, 6.45) is 7.95. The van der Waals surface area contributed by atoms with Crippen molar-refractivity contribution in [1.82, 2.24) is 4.90 Å². The topological polar surface area (TPSA) is 47.7 Å². The average molecular weight is 344 g/mol. The van der Waals surface area contributed by atoms with Gasteiger partial charge in [-0.1, -0.05) is 18.9 Å². The number of hydrogen-bond donors (Lipinski definition) is 1. The van der Waals surface area contributed by atoms with Gasteiger partial charge in [-0.05, 0) is 61.4 Å². The monoisotopic (exact) mass is 344 g/mol. The van der Waals surface area contributed by atoms with Gasteiger partial charge in [0.15, 0.2) is 0 Å². The van der Waals surface area contributed by atoms with Gasteiger partial charge >= 0.3 is 0 Å². The molecular weight excluding hydrogens is 312 g/mol. The Kier molecular flexibility index (Phi) is 5.03. The molecule has 4 rings (SSSR count). The number of nitrogens with two attached hydrogens (primary N) is 1. The van der Waals surface area contributed by atoms with E-state index in [0.717, 1.165) is 24.8 Å². The predicted octanol–water partition coefficient (Wildman–Crippen LogP) is 2.99. The first-order valence-corrected chi connectivity index (χ1v) is 9.94. The zero-order chi connectivity index (χ0) is 17.3. The van der Waals surface area contributed by atoms with Crippen molar-refractivity contribution in [3.05, 3.63) is 29.3 Å². The molecule has 1 heterocycles. The fraction of sp³-hybridized carbons (Fsp3) is 0.714. The van der Waals surface area contributed by atoms with E-state index in [2.05, 4.69) is 23.1 Å². The van der Waals surface area contributed by atoms with Gasteiger partial charge in [-0.15, -0.1) is 0 Å². The van der Waals surface area contributed by atoms with Crippen LogP contribution in [0.4, 0.5) is 5.69 Å². The lowest BCUT2D eigenvalue weighted by atomic mass is 9.52. The van der Waals surface area contributed by atoms with Gasteiger partial charge in [0.25, 0.3) is 0 Å². The highest BCUT2D eigenvalue weighted by atomic mass is 16.5. The van der Waals surface area contributed by atoms with Gasteiger partial charge in [0.1, 0.15) is 0 Å². The molecule has 0 amide bonds. The van der Waals surface area contributed by atoms with Crippen molar-refractivity contribution < 1.29 is 9.47 Å². The third-order valence-electron chi connectivity index (χ3n) is 6.93. The van der Waals surface area contributed by atoms with E-state index in [1.54, 1.807) is 18.2 Å². The standard InChI is InChI=1S/C21H32N2O2/c1-24-12-13-25-11-10-23-9-8-21-7-3-2-4-18(21)20(23)14-16-5-6-17(22)15-19(16)21/h5-6,15,18,20H,2-4,7-14,22H2,1H3. The number of hydrogen-bond acceptors (Lipinski definition) is 4. The Hall–Kier alpha value is -1.10. The normalized spacial score (nSPS) is 31.4. The number of methoxy groups -OCH3 is 1. The van der Waals surface area contributed by atoms with Crippen molar-refractivity contribution >= 4 is 5.69 Å². The number of benzene rings is 1. The molecule has 0 spiro atoms. The lowest BCUT2D eigenvalue weighted by Gasteiger charge is -2.59. The highest BCUT2D eigenvalue weighted by Crippen LogP contribution is 2.55. The van der Waals surface area contributed by atoms with Crippen molar-refractivity contribution in [2.45, 2.75) is 50.0 Å². The molecule has 1 aromatic carbocycles. The summed E-state index contributed by atoms with van der Waals surface area (Å²) in [7, 11) is 1.73. The van der Waals surface area contributed by atoms with E-state index in [1.807, 2.05) is 0 Å². The fourth-order valence-electron chi connectivity index (χ4n) is 5.81. The minimum atomic E-state index is 0.388. The van der Waals surface area contributed by atoms with Gasteiger partial charge in [0.2, 0.25) is 0 Å². The van der Waals surface area contributed by atoms with E-state index < -0.39 is 0 Å². The number of piperidine rings is 1. The van der Waals surface area contributed by atoms with Crippen LogP contribution in [0.5, 0.6) is 0 Å². The molecule has 3 aliphatic rings. The maximum absolute atomic E-state index is 6.17. The maximum atomic E-state index is 6.17. The summed E-state index contributed by atoms with van der Waals surface area (Å²) in [6, 6.07) is 7.36. The second-order valence-electron chi connectivity index (χ2n) is 8.09. The van der Waals surface area contributed by atoms with Crippen LogP contribution in [0.1, 0.15) is 43.2 Å². The fourth-order valence-corrected chi connectivity index (χ4v) is 5.81. The van der Waals surface area contributed by atoms with Crippen LogP contribution in [0.25, 0.3) is 0 Å². The maximum Gasteiger partial charge on any atom is 0.0700 e. The minimum absolute atomic E-state index is 0.388. The van der Waals surface area contributed by atoms with Crippen LogP contribution in [0, 0.1) is 5.92 Å². The first-order chi connectivity index (χ1) is 12.2. The van der Waals surface area contributed by atoms with E-state index in [1.165, 1.54) is 45.1 Å². The SMILES string of the molecule is COCCOCCN1CCC23CCCCC2C1Cc1ccc(N)cc13. The van der Waals surface area contributed by atoms with Gasteiger partial charge < -0.3 is 15.2 Å². The molecular formula is C21H32N2O2. The van der Waals surface area contributed by atoms with Gasteiger partial charge in [-0.25, -0.2) is 0 Å². The van der Waals surface area contributed by atoms with Crippen LogP contribution in [0.3, 0.4) is 0 Å². The van der Waals surface area contributed by atoms with Crippen LogP contribution in [0.2, 0.25) is 0 Å². The Morgan fingerprint density at radius 2 is 2.12 bits per heavy atom. The van der Waals surface area contributed by atoms with E-state index in [4.69, 9.17) is 15.2 Å². The molecule has 2 fully saturated rings. The molecule has 4 heteroatoms. The van der Waals surface area contributed by atoms with Crippen molar-refractivity contribution in [3.8, 4) is 0 Å². The largest absolute Gasteiger partial charge is 0.399 e. The molecule has 0 radical (unpaired) electrons. The molecule has 3 unspecified atom stereocenters. The van der Waals surface area contributed by atoms with Gasteiger partial charge in [0, 0.05) is 30.8 Å². The summed E-state index contributed by atoms with van der Waals surface area (Å²) in [4.78, 5) is 2.71. The zero-order valence-electron chi connectivity index (χ0n) is 15.5. The van der Waals surface area contributed by atoms with Crippen LogP contribution in [-0.2, 0) is 21.3 Å². The van der Waals surface area contributed by atoms with Gasteiger partial charge in [-0.2, -0.15) is 0 Å². The second-order valence-corrected chi connectivity index (χ2v) is 8.09. The van der Waals surface area contributed by atoms with Crippen LogP contribution < -0.4 is 5.73 Å². The number of likely N-dealkylation sites (tertiary alicyclic amines) is 1. The number of anilines is 1. The quantitative estimate of drug-likeness (QED) is 0.637. The van der Waals surface area contributed by atoms with Crippen molar-refractivity contribution in [2.75, 3.05) is 45.8 Å². The summed E-state index contributed by atoms with van der Waals surface area (Å²) < 4.78 is 10.8. The third-order valence-corrected chi connectivity index (χ3v) is 6.93. The lowest BCUT2D eigenvalue weighted by Crippen LogP contribution is -2.61. The number of ether oxygens (including phenoxy) is 2. The molecule has 3 atom stereocenters. The number of fused-ring (bicyclic) bond motifs is 1. The highest BCUT2D eigenvalue weighted by Gasteiger charge is 2.53. The molecule has 2 bridgehead atoms. The van der Waals surface area contributed by atoms with E-state index in [9.17, 15) is 0 Å². The molecule has 4 nitrogen and oxygen atoms in total. The summed E-state index contributed by atoms with van der Waals surface area (Å²) in [6.45, 7) is 4.44. The number of nitrogens with zero attached hydrogens (tertiary/aromatic N) is 1. The van der Waals surface area contributed by atoms with E-state index in [-0.39, 0.29) is 0 Å². The Labute approximate surface area is 151 Å². The molecule has 1 aliphatic heterocycles. The van der Waals surface area contributed by atoms with Crippen LogP contribution in [-0.4, -0.2) is 51.0 Å². The van der Waals surface area contributed by atoms with Crippen molar-refractivity contribution in [2.24, 2.45) is 5.92 Å². The molecule has 1 saturated carbocycles. The van der Waals surface area contributed by atoms with Crippen molar-refractivity contribution in [3.63, 3.8) is 0 Å². The van der Waals surface area contributed by atoms with E-state index >= 15 is 0 Å². The Morgan fingerprint density at radius 3 is 3.00 bits per heavy atom. The van der Waals surface area contributed by atoms with Gasteiger partial charge in [-0.3, -0.25) is 4.90 Å². The molecule has 1 aromatic rings. The summed E-state index contributed by atoms with van der Waals surface area (Å²) in [5.41, 5.74) is 10.6. The summed E-state index contributed by atoms with van der Waals surface area (Å²) in [5.74, 6) is 0.795. The minimum Gasteiger partial charge on any atom is -0.399 e. The first kappa shape index (κ1) is 17.3. The average Bonchev–Trinajstić information content (AvgIpc) is 2.63. The predicted molar refractivity (Wildman–Crippen MR) is 101 cm³/mol. The third kappa shape index (κ3) is 3.09. The first-order valence-electron chi connectivity index (χ1n) is 9.94. The molecule has 0 aromatic heterocycles. The smallest absolute Gasteiger partial charge is 0.0700 e. The molecule has 138 valence electrons. The lowest BCUT2D eigenvalue weighted by molar-refractivity contribution is -0.0273. The number of rotatable bonds is 6. The molecule has 2 N–H and O–H groups in total. The van der Waals surface area contributed by atoms with Gasteiger partial charge in [0.05, 0.1) is 19.8 Å². The zero-order valence-corrected chi connectivity index (χ0v) is 15.5. The number of nitrogen functional groups attached to an aromatic ring is 1. The van der Waals surface area contributed by atoms with Crippen LogP contribution in [0.15, 0.2) is 18.2 Å². The molecule has 2 aliphatic carbocycles. The van der Waals surface area contributed by atoms with E-state index in [0.29, 0.717) is 24.7 Å².